The van der Waals surface area contributed by atoms with Crippen molar-refractivity contribution >= 4 is 17.2 Å². The highest BCUT2D eigenvalue weighted by Gasteiger charge is 2.25. The van der Waals surface area contributed by atoms with Crippen molar-refractivity contribution in [3.8, 4) is 22.8 Å². The third-order valence-electron chi connectivity index (χ3n) is 7.02. The molecule has 1 N–H and O–H groups in total. The van der Waals surface area contributed by atoms with E-state index in [1.165, 1.54) is 32.6 Å². The summed E-state index contributed by atoms with van der Waals surface area (Å²) in [6, 6.07) is 5.08. The molecule has 1 aliphatic heterocycles. The fourth-order valence-corrected chi connectivity index (χ4v) is 5.00. The van der Waals surface area contributed by atoms with Crippen molar-refractivity contribution < 1.29 is 31.8 Å². The minimum atomic E-state index is -3.24. The average Bonchev–Trinajstić information content (AvgIpc) is 3.78. The van der Waals surface area contributed by atoms with Crippen LogP contribution in [-0.2, 0) is 13.1 Å². The number of likely N-dealkylation sites (tertiary alicyclic amines) is 1. The normalized spacial score (nSPS) is 15.5. The van der Waals surface area contributed by atoms with Crippen molar-refractivity contribution in [1.82, 2.24) is 49.5 Å². The van der Waals surface area contributed by atoms with Crippen molar-refractivity contribution in [3.63, 3.8) is 0 Å². The molecule has 1 aromatic carbocycles. The van der Waals surface area contributed by atoms with Crippen molar-refractivity contribution in [2.24, 2.45) is 0 Å². The Balaban J connectivity index is 1.35. The molecule has 0 bridgehead atoms. The Hall–Kier alpha value is -5.13. The van der Waals surface area contributed by atoms with Gasteiger partial charge in [0.05, 0.1) is 24.0 Å². The van der Waals surface area contributed by atoms with Crippen LogP contribution in [0.1, 0.15) is 29.0 Å². The van der Waals surface area contributed by atoms with Gasteiger partial charge in [-0.15, -0.1) is 10.2 Å². The van der Waals surface area contributed by atoms with E-state index in [9.17, 15) is 22.4 Å². The summed E-state index contributed by atoms with van der Waals surface area (Å²) in [6.45, 7) is -4.89. The number of tetrazole rings is 1. The van der Waals surface area contributed by atoms with Gasteiger partial charge in [-0.05, 0) is 55.9 Å². The molecule has 18 heteroatoms. The molecule has 0 spiro atoms. The molecule has 44 heavy (non-hydrogen) atoms. The summed E-state index contributed by atoms with van der Waals surface area (Å²) in [5.74, 6) is -1.06. The molecule has 14 nitrogen and oxygen atoms in total. The fourth-order valence-electron chi connectivity index (χ4n) is 5.00. The number of nitrogens with zero attached hydrogens (tertiary/aromatic N) is 10. The molecule has 1 saturated heterocycles. The molecular weight excluding hydrogens is 590 g/mol. The Morgan fingerprint density at radius 2 is 2.00 bits per heavy atom. The number of ether oxygens (including phenoxy) is 2. The Morgan fingerprint density at radius 3 is 2.77 bits per heavy atom. The SMILES string of the molecule is CN1CCC[C@H]1Cn1nnc(Cn2cc(NC(=O)c3cnn4cccnc34)c(-c3cc(OC(F)F)ccc3OC(F)F)n2)n1. The van der Waals surface area contributed by atoms with E-state index in [-0.39, 0.29) is 52.2 Å². The minimum Gasteiger partial charge on any atom is -0.435 e. The number of hydrogen-bond acceptors (Lipinski definition) is 10. The van der Waals surface area contributed by atoms with Gasteiger partial charge in [-0.25, -0.2) is 9.50 Å². The molecule has 0 unspecified atom stereocenters. The number of nitrogens with one attached hydrogen (secondary N) is 1. The number of fused-ring (bicyclic) bond motifs is 1. The molecule has 1 aliphatic rings. The van der Waals surface area contributed by atoms with Crippen LogP contribution in [0.5, 0.6) is 11.5 Å². The number of anilines is 1. The predicted octanol–water partition coefficient (Wildman–Crippen LogP) is 3.18. The third-order valence-corrected chi connectivity index (χ3v) is 7.02. The molecule has 0 aliphatic carbocycles. The first-order valence-corrected chi connectivity index (χ1v) is 13.4. The van der Waals surface area contributed by atoms with Crippen LogP contribution in [0.3, 0.4) is 0 Å². The van der Waals surface area contributed by atoms with Crippen molar-refractivity contribution in [2.75, 3.05) is 18.9 Å². The molecule has 1 fully saturated rings. The Kier molecular flexibility index (Phi) is 8.05. The van der Waals surface area contributed by atoms with E-state index in [2.05, 4.69) is 50.3 Å². The maximum atomic E-state index is 13.4. The monoisotopic (exact) mass is 615 g/mol. The number of rotatable bonds is 11. The van der Waals surface area contributed by atoms with Crippen LogP contribution in [0.25, 0.3) is 16.9 Å². The summed E-state index contributed by atoms with van der Waals surface area (Å²) in [7, 11) is 2.03. The largest absolute Gasteiger partial charge is 0.435 e. The fraction of sp³-hybridized carbons (Fsp3) is 0.346. The van der Waals surface area contributed by atoms with Gasteiger partial charge in [-0.3, -0.25) is 9.48 Å². The summed E-state index contributed by atoms with van der Waals surface area (Å²) in [5.41, 5.74) is 0.208. The number of hydrogen-bond donors (Lipinski definition) is 1. The van der Waals surface area contributed by atoms with Gasteiger partial charge in [0.1, 0.15) is 29.3 Å². The molecule has 4 aromatic heterocycles. The number of aromatic nitrogens is 9. The van der Waals surface area contributed by atoms with Crippen LogP contribution in [0.15, 0.2) is 49.1 Å². The van der Waals surface area contributed by atoms with Crippen LogP contribution in [0.2, 0.25) is 0 Å². The van der Waals surface area contributed by atoms with Crippen LogP contribution < -0.4 is 14.8 Å². The van der Waals surface area contributed by atoms with Crippen LogP contribution in [-0.4, -0.2) is 88.3 Å². The number of amides is 1. The highest BCUT2D eigenvalue weighted by atomic mass is 19.3. The predicted molar refractivity (Wildman–Crippen MR) is 144 cm³/mol. The maximum absolute atomic E-state index is 13.4. The smallest absolute Gasteiger partial charge is 0.387 e. The first-order chi connectivity index (χ1) is 21.2. The second-order valence-electron chi connectivity index (χ2n) is 9.94. The molecule has 0 saturated carbocycles. The summed E-state index contributed by atoms with van der Waals surface area (Å²) in [5, 5.41) is 23.9. The molecule has 1 amide bonds. The first kappa shape index (κ1) is 29.0. The standard InChI is InChI=1S/C26H25F4N11O3/c1-38-8-2-4-15(38)12-41-35-21(34-37-41)14-39-13-19(33-24(42)18-11-32-40-9-3-7-31-23(18)40)22(36-39)17-10-16(43-25(27)28)5-6-20(17)44-26(29)30/h3,5-7,9-11,13,15,25-26H,2,4,8,12,14H2,1H3,(H,33,42)/t15-/m0/s1. The number of carbonyl (C=O) groups excluding carboxylic acids is 1. The maximum Gasteiger partial charge on any atom is 0.387 e. The second kappa shape index (κ2) is 12.2. The number of halogens is 4. The molecule has 0 radical (unpaired) electrons. The van der Waals surface area contributed by atoms with Crippen LogP contribution >= 0.6 is 0 Å². The van der Waals surface area contributed by atoms with E-state index in [1.54, 1.807) is 12.3 Å². The van der Waals surface area contributed by atoms with Gasteiger partial charge in [0.15, 0.2) is 11.5 Å². The summed E-state index contributed by atoms with van der Waals surface area (Å²) < 4.78 is 64.6. The van der Waals surface area contributed by atoms with Gasteiger partial charge in [0, 0.05) is 24.6 Å². The van der Waals surface area contributed by atoms with Crippen molar-refractivity contribution in [1.29, 1.82) is 0 Å². The van der Waals surface area contributed by atoms with Gasteiger partial charge < -0.3 is 19.7 Å². The van der Waals surface area contributed by atoms with E-state index in [0.29, 0.717) is 12.4 Å². The number of likely N-dealkylation sites (N-methyl/N-ethyl adjacent to an activating group) is 1. The Bertz CT molecular complexity index is 1770. The summed E-state index contributed by atoms with van der Waals surface area (Å²) in [6.07, 6.45) is 7.93. The van der Waals surface area contributed by atoms with Crippen LogP contribution in [0, 0.1) is 0 Å². The van der Waals surface area contributed by atoms with E-state index < -0.39 is 19.1 Å². The molecule has 5 aromatic rings. The average molecular weight is 616 g/mol. The lowest BCUT2D eigenvalue weighted by molar-refractivity contribution is -0.0526. The Labute approximate surface area is 246 Å². The minimum absolute atomic E-state index is 0.0140. The van der Waals surface area contributed by atoms with Gasteiger partial charge in [-0.1, -0.05) is 0 Å². The van der Waals surface area contributed by atoms with Gasteiger partial charge in [0.25, 0.3) is 5.91 Å². The molecule has 6 rings (SSSR count). The molecule has 230 valence electrons. The molecule has 5 heterocycles. The third kappa shape index (κ3) is 6.29. The number of alkyl halides is 4. The molecule has 1 atom stereocenters. The van der Waals surface area contributed by atoms with Crippen LogP contribution in [0.4, 0.5) is 23.2 Å². The van der Waals surface area contributed by atoms with Gasteiger partial charge in [0.2, 0.25) is 0 Å². The first-order valence-electron chi connectivity index (χ1n) is 13.4. The zero-order valence-corrected chi connectivity index (χ0v) is 23.1. The highest BCUT2D eigenvalue weighted by molar-refractivity contribution is 6.09. The summed E-state index contributed by atoms with van der Waals surface area (Å²) in [4.78, 5) is 21.2. The highest BCUT2D eigenvalue weighted by Crippen LogP contribution is 2.38. The number of benzene rings is 1. The Morgan fingerprint density at radius 1 is 1.16 bits per heavy atom. The number of carbonyl (C=O) groups is 1. The van der Waals surface area contributed by atoms with Gasteiger partial charge in [-0.2, -0.15) is 32.6 Å². The molecular formula is C26H25F4N11O3. The topological polar surface area (TPSA) is 142 Å². The van der Waals surface area contributed by atoms with E-state index in [0.717, 1.165) is 37.6 Å². The zero-order valence-electron chi connectivity index (χ0n) is 23.1. The lowest BCUT2D eigenvalue weighted by atomic mass is 10.1. The quantitative estimate of drug-likeness (QED) is 0.220. The summed E-state index contributed by atoms with van der Waals surface area (Å²) >= 11 is 0. The zero-order chi connectivity index (χ0) is 30.8. The van der Waals surface area contributed by atoms with E-state index >= 15 is 0 Å². The van der Waals surface area contributed by atoms with Gasteiger partial charge >= 0.3 is 13.2 Å². The van der Waals surface area contributed by atoms with E-state index in [4.69, 9.17) is 0 Å². The van der Waals surface area contributed by atoms with Crippen molar-refractivity contribution in [3.05, 3.63) is 60.4 Å². The lowest BCUT2D eigenvalue weighted by Crippen LogP contribution is -2.30. The second-order valence-corrected chi connectivity index (χ2v) is 9.94. The lowest BCUT2D eigenvalue weighted by Gasteiger charge is -2.17. The van der Waals surface area contributed by atoms with E-state index in [1.807, 2.05) is 7.05 Å². The van der Waals surface area contributed by atoms with Crippen molar-refractivity contribution in [2.45, 2.75) is 45.2 Å².